The number of hydrogen-bond acceptors (Lipinski definition) is 7. The van der Waals surface area contributed by atoms with E-state index < -0.39 is 34.8 Å². The number of carbonyl (C=O) groups is 3. The predicted molar refractivity (Wildman–Crippen MR) is 143 cm³/mol. The van der Waals surface area contributed by atoms with Crippen molar-refractivity contribution in [3.05, 3.63) is 102 Å². The molecule has 2 atom stereocenters. The molecule has 8 nitrogen and oxygen atoms in total. The Morgan fingerprint density at radius 3 is 2.29 bits per heavy atom. The molecule has 2 aromatic carbocycles. The lowest BCUT2D eigenvalue weighted by atomic mass is 9.82. The van der Waals surface area contributed by atoms with Crippen LogP contribution >= 0.6 is 0 Å². The Balaban J connectivity index is 1.90. The van der Waals surface area contributed by atoms with Crippen LogP contribution in [0.25, 0.3) is 10.9 Å². The second-order valence-corrected chi connectivity index (χ2v) is 10.2. The number of hydrogen-bond donors (Lipinski definition) is 2. The average molecular weight is 514 g/mol. The number of carbonyl (C=O) groups excluding carboxylic acids is 3. The fourth-order valence-electron chi connectivity index (χ4n) is 4.60. The highest BCUT2D eigenvalue weighted by atomic mass is 16.6. The van der Waals surface area contributed by atoms with Crippen molar-refractivity contribution < 1.29 is 23.9 Å². The van der Waals surface area contributed by atoms with Crippen molar-refractivity contribution in [2.45, 2.75) is 44.2 Å². The summed E-state index contributed by atoms with van der Waals surface area (Å²) in [5.74, 6) is -3.20. The number of aromatic nitrogens is 2. The van der Waals surface area contributed by atoms with Gasteiger partial charge in [0.15, 0.2) is 0 Å². The van der Waals surface area contributed by atoms with Crippen LogP contribution in [-0.4, -0.2) is 40.4 Å². The third kappa shape index (κ3) is 5.35. The summed E-state index contributed by atoms with van der Waals surface area (Å²) in [5.41, 5.74) is 7.72. The van der Waals surface area contributed by atoms with E-state index in [0.29, 0.717) is 27.6 Å². The molecule has 0 aliphatic rings. The lowest BCUT2D eigenvalue weighted by Crippen LogP contribution is -2.50. The van der Waals surface area contributed by atoms with E-state index in [4.69, 9.17) is 15.2 Å². The van der Waals surface area contributed by atoms with Crippen LogP contribution in [-0.2, 0) is 35.8 Å². The molecule has 0 aliphatic heterocycles. The topological polar surface area (TPSA) is 124 Å². The summed E-state index contributed by atoms with van der Waals surface area (Å²) in [4.78, 5) is 46.4. The van der Waals surface area contributed by atoms with Gasteiger partial charge in [-0.15, -0.1) is 0 Å². The first-order valence-corrected chi connectivity index (χ1v) is 12.2. The fraction of sp³-hybridized carbons (Fsp3) is 0.267. The molecule has 38 heavy (non-hydrogen) atoms. The largest absolute Gasteiger partial charge is 0.463 e. The molecule has 0 aliphatic carbocycles. The van der Waals surface area contributed by atoms with Crippen molar-refractivity contribution >= 4 is 28.6 Å². The Morgan fingerprint density at radius 1 is 0.974 bits per heavy atom. The first kappa shape index (κ1) is 26.8. The van der Waals surface area contributed by atoms with Gasteiger partial charge in [-0.2, -0.15) is 0 Å². The molecule has 0 saturated heterocycles. The van der Waals surface area contributed by atoms with Gasteiger partial charge in [-0.25, -0.2) is 9.59 Å². The number of ketones is 1. The summed E-state index contributed by atoms with van der Waals surface area (Å²) in [6.45, 7) is 5.37. The number of fused-ring (bicyclic) bond motifs is 1. The van der Waals surface area contributed by atoms with Gasteiger partial charge in [0.05, 0.1) is 18.5 Å². The number of esters is 2. The highest BCUT2D eigenvalue weighted by Gasteiger charge is 2.42. The Labute approximate surface area is 221 Å². The number of rotatable bonds is 8. The Hall–Kier alpha value is -4.30. The van der Waals surface area contributed by atoms with Crippen molar-refractivity contribution in [1.82, 2.24) is 9.97 Å². The van der Waals surface area contributed by atoms with Gasteiger partial charge in [0.25, 0.3) is 5.78 Å². The molecule has 4 rings (SSSR count). The highest BCUT2D eigenvalue weighted by Crippen LogP contribution is 2.37. The normalized spacial score (nSPS) is 13.9. The van der Waals surface area contributed by atoms with E-state index in [0.717, 1.165) is 5.56 Å². The number of ether oxygens (including phenoxy) is 2. The number of pyridine rings is 1. The van der Waals surface area contributed by atoms with Crippen molar-refractivity contribution in [3.63, 3.8) is 0 Å². The maximum Gasteiger partial charge on any atom is 0.375 e. The summed E-state index contributed by atoms with van der Waals surface area (Å²) in [5, 5.41) is 0.646. The molecule has 3 N–H and O–H groups in total. The number of nitrogens with one attached hydrogen (secondary N) is 1. The van der Waals surface area contributed by atoms with Gasteiger partial charge in [-0.3, -0.25) is 9.78 Å². The molecule has 2 heterocycles. The van der Waals surface area contributed by atoms with Gasteiger partial charge in [-0.05, 0) is 49.6 Å². The maximum atomic E-state index is 13.6. The van der Waals surface area contributed by atoms with E-state index in [-0.39, 0.29) is 6.42 Å². The third-order valence-electron chi connectivity index (χ3n) is 6.32. The van der Waals surface area contributed by atoms with Gasteiger partial charge in [0.1, 0.15) is 11.1 Å². The summed E-state index contributed by atoms with van der Waals surface area (Å²) in [6, 6.07) is 18.2. The van der Waals surface area contributed by atoms with Crippen molar-refractivity contribution in [2.75, 3.05) is 7.11 Å². The maximum absolute atomic E-state index is 13.6. The van der Waals surface area contributed by atoms with Crippen LogP contribution in [0.5, 0.6) is 0 Å². The predicted octanol–water partition coefficient (Wildman–Crippen LogP) is 4.18. The van der Waals surface area contributed by atoms with Gasteiger partial charge in [-0.1, -0.05) is 48.5 Å². The summed E-state index contributed by atoms with van der Waals surface area (Å²) < 4.78 is 10.5. The Kier molecular flexibility index (Phi) is 7.46. The molecule has 196 valence electrons. The first-order chi connectivity index (χ1) is 18.0. The zero-order valence-corrected chi connectivity index (χ0v) is 21.9. The number of methoxy groups -OCH3 is 1. The lowest BCUT2D eigenvalue weighted by molar-refractivity contribution is -0.162. The van der Waals surface area contributed by atoms with Crippen LogP contribution in [0.1, 0.15) is 48.9 Å². The number of Topliss-reactive ketones (excluding diaryl/α,β-unsaturated/α-hetero) is 1. The van der Waals surface area contributed by atoms with E-state index in [2.05, 4.69) is 9.97 Å². The van der Waals surface area contributed by atoms with Crippen LogP contribution in [0.15, 0.2) is 79.3 Å². The summed E-state index contributed by atoms with van der Waals surface area (Å²) in [7, 11) is 1.17. The fourth-order valence-corrected chi connectivity index (χ4v) is 4.60. The molecule has 0 bridgehead atoms. The van der Waals surface area contributed by atoms with Crippen LogP contribution in [0.3, 0.4) is 0 Å². The molecule has 4 aromatic rings. The molecular weight excluding hydrogens is 482 g/mol. The molecule has 8 heteroatoms. The minimum Gasteiger partial charge on any atom is -0.463 e. The zero-order chi connectivity index (χ0) is 27.5. The number of aromatic amines is 1. The zero-order valence-electron chi connectivity index (χ0n) is 21.9. The number of H-pyrrole nitrogens is 1. The molecule has 0 amide bonds. The van der Waals surface area contributed by atoms with Crippen LogP contribution < -0.4 is 5.73 Å². The van der Waals surface area contributed by atoms with Gasteiger partial charge >= 0.3 is 11.9 Å². The third-order valence-corrected chi connectivity index (χ3v) is 6.32. The van der Waals surface area contributed by atoms with Gasteiger partial charge in [0, 0.05) is 36.0 Å². The van der Waals surface area contributed by atoms with E-state index in [9.17, 15) is 14.4 Å². The molecule has 2 unspecified atom stereocenters. The molecule has 0 radical (unpaired) electrons. The number of para-hydroxylation sites is 1. The van der Waals surface area contributed by atoms with E-state index in [1.807, 2.05) is 36.4 Å². The molecular formula is C30H31N3O5. The van der Waals surface area contributed by atoms with Crippen molar-refractivity contribution in [3.8, 4) is 0 Å². The first-order valence-electron chi connectivity index (χ1n) is 12.2. The Morgan fingerprint density at radius 2 is 1.66 bits per heavy atom. The van der Waals surface area contributed by atoms with Gasteiger partial charge in [0.2, 0.25) is 0 Å². The van der Waals surface area contributed by atoms with Crippen LogP contribution in [0.2, 0.25) is 0 Å². The van der Waals surface area contributed by atoms with E-state index in [1.165, 1.54) is 7.11 Å². The van der Waals surface area contributed by atoms with Crippen LogP contribution in [0.4, 0.5) is 0 Å². The van der Waals surface area contributed by atoms with Gasteiger partial charge < -0.3 is 20.2 Å². The smallest absolute Gasteiger partial charge is 0.375 e. The summed E-state index contributed by atoms with van der Waals surface area (Å²) >= 11 is 0. The molecule has 0 spiro atoms. The number of nitrogens with two attached hydrogens (primary N) is 1. The second-order valence-electron chi connectivity index (χ2n) is 10.2. The number of benzene rings is 2. The molecule has 2 aromatic heterocycles. The second kappa shape index (κ2) is 10.6. The number of nitrogens with zero attached hydrogens (tertiary/aromatic N) is 1. The average Bonchev–Trinajstić information content (AvgIpc) is 3.32. The van der Waals surface area contributed by atoms with E-state index in [1.54, 1.807) is 63.6 Å². The SMILES string of the molecule is COC(=O)C(=O)C(c1ccncc1)c1c[nH]c2c(C(N)(Cc3ccccc3)C(=O)OC(C)(C)C)cccc12. The van der Waals surface area contributed by atoms with Crippen LogP contribution in [0, 0.1) is 0 Å². The van der Waals surface area contributed by atoms with Crippen molar-refractivity contribution in [2.24, 2.45) is 5.73 Å². The minimum atomic E-state index is -1.55. The lowest BCUT2D eigenvalue weighted by Gasteiger charge is -2.32. The van der Waals surface area contributed by atoms with E-state index >= 15 is 0 Å². The summed E-state index contributed by atoms with van der Waals surface area (Å²) in [6.07, 6.45) is 4.96. The molecule has 0 saturated carbocycles. The van der Waals surface area contributed by atoms with Crippen molar-refractivity contribution in [1.29, 1.82) is 0 Å². The monoisotopic (exact) mass is 513 g/mol. The highest BCUT2D eigenvalue weighted by molar-refractivity contribution is 6.37. The quantitative estimate of drug-likeness (QED) is 0.268. The minimum absolute atomic E-state index is 0.186. The molecule has 0 fully saturated rings. The standard InChI is InChI=1S/C30H31N3O5/c1-29(2,3)38-28(36)30(31,17-19-9-6-5-7-10-19)23-12-8-11-21-22(18-33-25(21)23)24(26(34)27(35)37-4)20-13-15-32-16-14-20/h5-16,18,24,33H,17,31H2,1-4H3. The Bertz CT molecular complexity index is 1460.